The normalized spacial score (nSPS) is 14.3. The number of hydrogen-bond acceptors (Lipinski definition) is 10. The van der Waals surface area contributed by atoms with Crippen molar-refractivity contribution in [3.63, 3.8) is 0 Å². The summed E-state index contributed by atoms with van der Waals surface area (Å²) in [5, 5.41) is 9.75. The molecule has 0 aromatic carbocycles. The van der Waals surface area contributed by atoms with E-state index in [1.807, 2.05) is 39.4 Å². The highest BCUT2D eigenvalue weighted by molar-refractivity contribution is 7.45. The molecule has 0 bridgehead atoms. The van der Waals surface area contributed by atoms with Gasteiger partial charge in [-0.05, 0) is 89.2 Å². The van der Waals surface area contributed by atoms with Gasteiger partial charge in [-0.2, -0.15) is 0 Å². The SMILES string of the molecule is CCCCCc1oc(CCCCCCCCCCCCC(=O)OC[C@H](COP(=O)([O-])OCC[N+](C)(C)C)OC(=O)CCC/C=C\C/C=C\C/C=C\C/C=C\CC(O)CCC)c(C)c1C. The van der Waals surface area contributed by atoms with Crippen molar-refractivity contribution < 1.29 is 51.6 Å². The van der Waals surface area contributed by atoms with Crippen LogP contribution in [0.3, 0.4) is 0 Å². The van der Waals surface area contributed by atoms with Gasteiger partial charge in [0.1, 0.15) is 31.3 Å². The van der Waals surface area contributed by atoms with Crippen molar-refractivity contribution in [1.82, 2.24) is 0 Å². The van der Waals surface area contributed by atoms with Crippen LogP contribution in [0.2, 0.25) is 0 Å². The van der Waals surface area contributed by atoms with Crippen molar-refractivity contribution in [3.05, 3.63) is 71.3 Å². The Morgan fingerprint density at radius 1 is 0.672 bits per heavy atom. The fourth-order valence-corrected chi connectivity index (χ4v) is 7.69. The summed E-state index contributed by atoms with van der Waals surface area (Å²) in [4.78, 5) is 37.7. The summed E-state index contributed by atoms with van der Waals surface area (Å²) in [6.45, 7) is 8.29. The molecule has 2 unspecified atom stereocenters. The smallest absolute Gasteiger partial charge is 0.306 e. The molecule has 0 amide bonds. The average Bonchev–Trinajstić information content (AvgIpc) is 3.50. The molecule has 368 valence electrons. The predicted molar refractivity (Wildman–Crippen MR) is 259 cm³/mol. The van der Waals surface area contributed by atoms with E-state index in [-0.39, 0.29) is 32.2 Å². The number of ether oxygens (including phenoxy) is 2. The van der Waals surface area contributed by atoms with Crippen LogP contribution in [0.1, 0.15) is 184 Å². The zero-order chi connectivity index (χ0) is 47.3. The molecule has 0 radical (unpaired) electrons. The Morgan fingerprint density at radius 3 is 1.75 bits per heavy atom. The lowest BCUT2D eigenvalue weighted by Crippen LogP contribution is -2.37. The minimum atomic E-state index is -4.66. The first kappa shape index (κ1) is 59.2. The average molecular weight is 920 g/mol. The summed E-state index contributed by atoms with van der Waals surface area (Å²) in [7, 11) is 1.09. The van der Waals surface area contributed by atoms with Crippen LogP contribution in [0, 0.1) is 13.8 Å². The maximum Gasteiger partial charge on any atom is 0.306 e. The van der Waals surface area contributed by atoms with E-state index in [0.29, 0.717) is 36.7 Å². The predicted octanol–water partition coefficient (Wildman–Crippen LogP) is 12.2. The van der Waals surface area contributed by atoms with Gasteiger partial charge in [0, 0.05) is 25.7 Å². The van der Waals surface area contributed by atoms with E-state index in [0.717, 1.165) is 64.2 Å². The summed E-state index contributed by atoms with van der Waals surface area (Å²) >= 11 is 0. The number of furan rings is 1. The van der Waals surface area contributed by atoms with Gasteiger partial charge in [-0.15, -0.1) is 0 Å². The van der Waals surface area contributed by atoms with Crippen molar-refractivity contribution >= 4 is 19.8 Å². The number of aliphatic hydroxyl groups excluding tert-OH is 1. The Morgan fingerprint density at radius 2 is 1.19 bits per heavy atom. The molecule has 0 fully saturated rings. The third kappa shape index (κ3) is 33.7. The number of aryl methyl sites for hydroxylation is 2. The number of nitrogens with zero attached hydrogens (tertiary/aromatic N) is 1. The largest absolute Gasteiger partial charge is 0.756 e. The molecular formula is C52H90NO10P. The summed E-state index contributed by atoms with van der Waals surface area (Å²) in [6, 6.07) is 0. The van der Waals surface area contributed by atoms with E-state index in [2.05, 4.69) is 58.1 Å². The zero-order valence-electron chi connectivity index (χ0n) is 41.3. The number of phosphoric ester groups is 1. The van der Waals surface area contributed by atoms with Gasteiger partial charge in [-0.25, -0.2) is 0 Å². The molecule has 0 aliphatic carbocycles. The second kappa shape index (κ2) is 37.3. The highest BCUT2D eigenvalue weighted by Gasteiger charge is 2.22. The molecule has 0 aliphatic rings. The Bertz CT molecular complexity index is 1520. The Balaban J connectivity index is 2.34. The first-order chi connectivity index (χ1) is 30.7. The fraction of sp³-hybridized carbons (Fsp3) is 0.731. The number of allylic oxidation sites excluding steroid dienone is 7. The van der Waals surface area contributed by atoms with Gasteiger partial charge < -0.3 is 37.4 Å². The highest BCUT2D eigenvalue weighted by atomic mass is 31.2. The lowest BCUT2D eigenvalue weighted by atomic mass is 10.0. The minimum Gasteiger partial charge on any atom is -0.756 e. The van der Waals surface area contributed by atoms with Crippen LogP contribution in [0.5, 0.6) is 0 Å². The molecule has 1 heterocycles. The molecule has 3 atom stereocenters. The number of rotatable bonds is 41. The van der Waals surface area contributed by atoms with Gasteiger partial charge in [-0.3, -0.25) is 14.2 Å². The number of hydrogen-bond donors (Lipinski definition) is 1. The highest BCUT2D eigenvalue weighted by Crippen LogP contribution is 2.38. The minimum absolute atomic E-state index is 0.0547. The molecule has 1 aromatic rings. The summed E-state index contributed by atoms with van der Waals surface area (Å²) in [5.74, 6) is 1.43. The van der Waals surface area contributed by atoms with Gasteiger partial charge >= 0.3 is 11.9 Å². The van der Waals surface area contributed by atoms with Crippen molar-refractivity contribution in [3.8, 4) is 0 Å². The molecular weight excluding hydrogens is 830 g/mol. The van der Waals surface area contributed by atoms with Crippen molar-refractivity contribution in [2.24, 2.45) is 0 Å². The van der Waals surface area contributed by atoms with Crippen LogP contribution >= 0.6 is 7.82 Å². The lowest BCUT2D eigenvalue weighted by molar-refractivity contribution is -0.870. The van der Waals surface area contributed by atoms with E-state index in [1.165, 1.54) is 80.4 Å². The van der Waals surface area contributed by atoms with E-state index < -0.39 is 32.5 Å². The number of esters is 2. The molecule has 64 heavy (non-hydrogen) atoms. The summed E-state index contributed by atoms with van der Waals surface area (Å²) in [5.41, 5.74) is 2.68. The van der Waals surface area contributed by atoms with Crippen LogP contribution in [-0.2, 0) is 45.5 Å². The van der Waals surface area contributed by atoms with Gasteiger partial charge in [0.25, 0.3) is 7.82 Å². The Labute approximate surface area is 389 Å². The topological polar surface area (TPSA) is 145 Å². The Kier molecular flexibility index (Phi) is 34.5. The van der Waals surface area contributed by atoms with Crippen LogP contribution < -0.4 is 4.89 Å². The molecule has 12 heteroatoms. The van der Waals surface area contributed by atoms with E-state index >= 15 is 0 Å². The molecule has 1 rings (SSSR count). The molecule has 0 aliphatic heterocycles. The maximum absolute atomic E-state index is 12.7. The quantitative estimate of drug-likeness (QED) is 0.0221. The number of likely N-dealkylation sites (N-methyl/N-ethyl adjacent to an activating group) is 1. The zero-order valence-corrected chi connectivity index (χ0v) is 42.2. The summed E-state index contributed by atoms with van der Waals surface area (Å²) < 4.78 is 40.2. The van der Waals surface area contributed by atoms with Gasteiger partial charge in [0.2, 0.25) is 0 Å². The van der Waals surface area contributed by atoms with Crippen molar-refractivity contribution in [2.45, 2.75) is 200 Å². The fourth-order valence-electron chi connectivity index (χ4n) is 6.96. The van der Waals surface area contributed by atoms with E-state index in [4.69, 9.17) is 22.9 Å². The second-order valence-corrected chi connectivity index (χ2v) is 19.7. The number of phosphoric acid groups is 1. The maximum atomic E-state index is 12.7. The van der Waals surface area contributed by atoms with Crippen LogP contribution in [0.25, 0.3) is 0 Å². The second-order valence-electron chi connectivity index (χ2n) is 18.2. The van der Waals surface area contributed by atoms with Crippen molar-refractivity contribution in [1.29, 1.82) is 0 Å². The van der Waals surface area contributed by atoms with Crippen LogP contribution in [-0.4, -0.2) is 81.2 Å². The van der Waals surface area contributed by atoms with E-state index in [9.17, 15) is 24.2 Å². The standard InChI is InChI=1S/C52H90NO10P/c1-8-10-30-37-49-45(3)46(4)50(63-49)38-32-27-23-19-16-17-20-24-28-33-39-51(55)59-43-48(44-61-64(57,58)60-42-41-53(5,6)7)62-52(56)40-34-29-25-21-15-13-11-12-14-18-22-26-31-36-47(54)35-9-2/h11,13-14,18,21,25-26,31,47-48,54H,8-10,12,15-17,19-20,22-24,27-30,32-44H2,1-7H3/b13-11-,18-14-,25-21-,31-26-/t47?,48-/m1/s1. The number of aliphatic hydroxyl groups is 1. The Hall–Kier alpha value is -2.79. The molecule has 0 saturated carbocycles. The third-order valence-electron chi connectivity index (χ3n) is 11.1. The molecule has 1 N–H and O–H groups in total. The third-order valence-corrected chi connectivity index (χ3v) is 12.1. The molecule has 11 nitrogen and oxygen atoms in total. The van der Waals surface area contributed by atoms with Gasteiger partial charge in [0.05, 0.1) is 33.9 Å². The monoisotopic (exact) mass is 920 g/mol. The number of carbonyl (C=O) groups excluding carboxylic acids is 2. The van der Waals surface area contributed by atoms with Crippen LogP contribution in [0.15, 0.2) is 53.0 Å². The summed E-state index contributed by atoms with van der Waals surface area (Å²) in [6.07, 6.45) is 38.8. The molecule has 1 aromatic heterocycles. The van der Waals surface area contributed by atoms with Gasteiger partial charge in [-0.1, -0.05) is 133 Å². The number of unbranched alkanes of at least 4 members (excludes halogenated alkanes) is 12. The first-order valence-corrected chi connectivity index (χ1v) is 26.2. The molecule has 0 saturated heterocycles. The van der Waals surface area contributed by atoms with Gasteiger partial charge in [0.15, 0.2) is 6.10 Å². The first-order valence-electron chi connectivity index (χ1n) is 24.8. The van der Waals surface area contributed by atoms with Crippen LogP contribution in [0.4, 0.5) is 0 Å². The molecule has 0 spiro atoms. The number of carbonyl (C=O) groups is 2. The number of quaternary nitrogens is 1. The lowest BCUT2D eigenvalue weighted by Gasteiger charge is -2.28. The van der Waals surface area contributed by atoms with Crippen molar-refractivity contribution in [2.75, 3.05) is 47.5 Å². The van der Waals surface area contributed by atoms with E-state index in [1.54, 1.807) is 0 Å².